The maximum absolute atomic E-state index is 6.12. The van der Waals surface area contributed by atoms with Gasteiger partial charge in [-0.1, -0.05) is 75.2 Å². The van der Waals surface area contributed by atoms with Gasteiger partial charge in [0.05, 0.1) is 0 Å². The van der Waals surface area contributed by atoms with Crippen molar-refractivity contribution in [1.82, 2.24) is 0 Å². The number of methoxy groups -OCH3 is 2. The van der Waals surface area contributed by atoms with Crippen LogP contribution in [0.3, 0.4) is 0 Å². The molecule has 0 unspecified atom stereocenters. The van der Waals surface area contributed by atoms with Crippen LogP contribution >= 0.6 is 0 Å². The number of hydrogen-bond donors (Lipinski definition) is 0. The van der Waals surface area contributed by atoms with Crippen molar-refractivity contribution in [3.05, 3.63) is 71.8 Å². The van der Waals surface area contributed by atoms with Gasteiger partial charge in [-0.25, -0.2) is 0 Å². The van der Waals surface area contributed by atoms with Gasteiger partial charge in [-0.3, -0.25) is 0 Å². The van der Waals surface area contributed by atoms with Crippen molar-refractivity contribution >= 4 is 21.5 Å². The highest BCUT2D eigenvalue weighted by atomic mass is 16.7. The second kappa shape index (κ2) is 12.8. The Kier molecular flexibility index (Phi) is 9.21. The Morgan fingerprint density at radius 1 is 0.556 bits per heavy atom. The van der Waals surface area contributed by atoms with Crippen molar-refractivity contribution < 1.29 is 18.9 Å². The Balaban J connectivity index is 1.96. The number of fused-ring (bicyclic) bond motifs is 2. The molecule has 0 amide bonds. The van der Waals surface area contributed by atoms with Crippen LogP contribution in [0.1, 0.15) is 50.7 Å². The molecule has 0 heterocycles. The minimum absolute atomic E-state index is 0.174. The van der Waals surface area contributed by atoms with E-state index in [9.17, 15) is 0 Å². The lowest BCUT2D eigenvalue weighted by molar-refractivity contribution is 0.0502. The molecule has 0 saturated heterocycles. The van der Waals surface area contributed by atoms with Crippen LogP contribution in [0.15, 0.2) is 60.7 Å². The number of aryl methyl sites for hydroxylation is 2. The standard InChI is InChI=1S/C32H38O4/c1-5-7-9-23-11-15-27-25(19-23)13-17-29(35-21-33-3)31(27)32-28-16-12-24(10-8-6-2)20-26(28)14-18-30(32)36-22-34-4/h11-20H,5-10,21-22H2,1-4H3. The number of benzene rings is 4. The van der Waals surface area contributed by atoms with Gasteiger partial charge in [-0.2, -0.15) is 0 Å². The van der Waals surface area contributed by atoms with Crippen LogP contribution < -0.4 is 9.47 Å². The fourth-order valence-corrected chi connectivity index (χ4v) is 4.79. The molecule has 0 atom stereocenters. The van der Waals surface area contributed by atoms with Crippen LogP contribution in [0.4, 0.5) is 0 Å². The average molecular weight is 487 g/mol. The third-order valence-corrected chi connectivity index (χ3v) is 6.64. The van der Waals surface area contributed by atoms with Crippen LogP contribution in [0.5, 0.6) is 11.5 Å². The summed E-state index contributed by atoms with van der Waals surface area (Å²) in [7, 11) is 3.28. The summed E-state index contributed by atoms with van der Waals surface area (Å²) >= 11 is 0. The van der Waals surface area contributed by atoms with Crippen LogP contribution in [-0.2, 0) is 22.3 Å². The lowest BCUT2D eigenvalue weighted by Crippen LogP contribution is -2.04. The van der Waals surface area contributed by atoms with E-state index in [1.165, 1.54) is 47.6 Å². The molecule has 4 rings (SSSR count). The number of rotatable bonds is 13. The van der Waals surface area contributed by atoms with Gasteiger partial charge in [0, 0.05) is 25.3 Å². The summed E-state index contributed by atoms with van der Waals surface area (Å²) in [6, 6.07) is 21.9. The summed E-state index contributed by atoms with van der Waals surface area (Å²) in [5.41, 5.74) is 4.75. The predicted molar refractivity (Wildman–Crippen MR) is 149 cm³/mol. The van der Waals surface area contributed by atoms with Gasteiger partial charge in [0.2, 0.25) is 0 Å². The molecule has 4 nitrogen and oxygen atoms in total. The van der Waals surface area contributed by atoms with Gasteiger partial charge in [0.25, 0.3) is 0 Å². The highest BCUT2D eigenvalue weighted by Gasteiger charge is 2.20. The quantitative estimate of drug-likeness (QED) is 0.178. The average Bonchev–Trinajstić information content (AvgIpc) is 2.91. The molecular weight excluding hydrogens is 448 g/mol. The lowest BCUT2D eigenvalue weighted by atomic mass is 9.90. The van der Waals surface area contributed by atoms with Crippen molar-refractivity contribution in [2.24, 2.45) is 0 Å². The van der Waals surface area contributed by atoms with E-state index in [-0.39, 0.29) is 13.6 Å². The summed E-state index contributed by atoms with van der Waals surface area (Å²) in [6.07, 6.45) is 6.91. The fraction of sp³-hybridized carbons (Fsp3) is 0.375. The maximum atomic E-state index is 6.12. The van der Waals surface area contributed by atoms with E-state index in [0.29, 0.717) is 0 Å². The Hall–Kier alpha value is -3.08. The van der Waals surface area contributed by atoms with Crippen LogP contribution in [0.25, 0.3) is 32.7 Å². The Bertz CT molecular complexity index is 1190. The fourth-order valence-electron chi connectivity index (χ4n) is 4.79. The van der Waals surface area contributed by atoms with E-state index in [1.807, 2.05) is 0 Å². The Morgan fingerprint density at radius 3 is 1.39 bits per heavy atom. The second-order valence-electron chi connectivity index (χ2n) is 9.30. The molecule has 4 aromatic carbocycles. The number of ether oxygens (including phenoxy) is 4. The smallest absolute Gasteiger partial charge is 0.188 e. The lowest BCUT2D eigenvalue weighted by Gasteiger charge is -2.20. The molecule has 36 heavy (non-hydrogen) atoms. The Labute approximate surface area is 215 Å². The van der Waals surface area contributed by atoms with Crippen molar-refractivity contribution in [2.45, 2.75) is 52.4 Å². The zero-order valence-electron chi connectivity index (χ0n) is 22.1. The summed E-state index contributed by atoms with van der Waals surface area (Å²) in [5, 5.41) is 4.65. The zero-order valence-corrected chi connectivity index (χ0v) is 22.1. The van der Waals surface area contributed by atoms with Gasteiger partial charge < -0.3 is 18.9 Å². The molecule has 0 aromatic heterocycles. The first-order valence-corrected chi connectivity index (χ1v) is 13.0. The van der Waals surface area contributed by atoms with Gasteiger partial charge in [-0.15, -0.1) is 0 Å². The SMILES string of the molecule is CCCCc1ccc2c(-c3c(OCOC)ccc4cc(CCCC)ccc34)c(OCOC)ccc2c1. The third-order valence-electron chi connectivity index (χ3n) is 6.64. The molecule has 0 bridgehead atoms. The van der Waals surface area contributed by atoms with Crippen LogP contribution in [-0.4, -0.2) is 27.8 Å². The Morgan fingerprint density at radius 2 is 1.00 bits per heavy atom. The monoisotopic (exact) mass is 486 g/mol. The normalized spacial score (nSPS) is 11.3. The molecule has 190 valence electrons. The van der Waals surface area contributed by atoms with Crippen LogP contribution in [0, 0.1) is 0 Å². The van der Waals surface area contributed by atoms with Gasteiger partial charge in [0.1, 0.15) is 11.5 Å². The summed E-state index contributed by atoms with van der Waals surface area (Å²) in [4.78, 5) is 0. The predicted octanol–water partition coefficient (Wildman–Crippen LogP) is 8.31. The van der Waals surface area contributed by atoms with Crippen molar-refractivity contribution in [1.29, 1.82) is 0 Å². The minimum atomic E-state index is 0.174. The zero-order chi connectivity index (χ0) is 25.3. The molecule has 0 spiro atoms. The van der Waals surface area contributed by atoms with Crippen molar-refractivity contribution in [3.63, 3.8) is 0 Å². The third kappa shape index (κ3) is 5.83. The van der Waals surface area contributed by atoms with Crippen molar-refractivity contribution in [3.8, 4) is 22.6 Å². The largest absolute Gasteiger partial charge is 0.467 e. The summed E-state index contributed by atoms with van der Waals surface area (Å²) < 4.78 is 22.8. The van der Waals surface area contributed by atoms with Gasteiger partial charge >= 0.3 is 0 Å². The molecule has 0 saturated carbocycles. The van der Waals surface area contributed by atoms with Gasteiger partial charge in [0.15, 0.2) is 13.6 Å². The summed E-state index contributed by atoms with van der Waals surface area (Å²) in [6.45, 7) is 4.81. The molecule has 0 aliphatic carbocycles. The number of hydrogen-bond acceptors (Lipinski definition) is 4. The van der Waals surface area contributed by atoms with E-state index < -0.39 is 0 Å². The van der Waals surface area contributed by atoms with E-state index in [0.717, 1.165) is 46.2 Å². The molecular formula is C32H38O4. The van der Waals surface area contributed by atoms with E-state index in [2.05, 4.69) is 74.5 Å². The van der Waals surface area contributed by atoms with Crippen molar-refractivity contribution in [2.75, 3.05) is 27.8 Å². The molecule has 0 aliphatic heterocycles. The highest BCUT2D eigenvalue weighted by molar-refractivity contribution is 6.10. The van der Waals surface area contributed by atoms with E-state index >= 15 is 0 Å². The molecule has 0 radical (unpaired) electrons. The molecule has 4 aromatic rings. The second-order valence-corrected chi connectivity index (χ2v) is 9.30. The molecule has 0 aliphatic rings. The molecule has 0 fully saturated rings. The van der Waals surface area contributed by atoms with E-state index in [4.69, 9.17) is 18.9 Å². The number of unbranched alkanes of at least 4 members (excludes halogenated alkanes) is 2. The van der Waals surface area contributed by atoms with Crippen LogP contribution in [0.2, 0.25) is 0 Å². The first-order valence-electron chi connectivity index (χ1n) is 13.0. The highest BCUT2D eigenvalue weighted by Crippen LogP contribution is 2.46. The van der Waals surface area contributed by atoms with Gasteiger partial charge in [-0.05, 0) is 70.5 Å². The topological polar surface area (TPSA) is 36.9 Å². The molecule has 4 heteroatoms. The molecule has 0 N–H and O–H groups in total. The van der Waals surface area contributed by atoms with E-state index in [1.54, 1.807) is 14.2 Å². The first kappa shape index (κ1) is 26.0. The minimum Gasteiger partial charge on any atom is -0.467 e. The maximum Gasteiger partial charge on any atom is 0.188 e. The summed E-state index contributed by atoms with van der Waals surface area (Å²) in [5.74, 6) is 1.55. The first-order chi connectivity index (χ1) is 17.7.